The van der Waals surface area contributed by atoms with Gasteiger partial charge >= 0.3 is 0 Å². The monoisotopic (exact) mass is 1210 g/mol. The summed E-state index contributed by atoms with van der Waals surface area (Å²) in [5.41, 5.74) is -19.9. The number of fused-ring (bicyclic) bond motifs is 4. The van der Waals surface area contributed by atoms with E-state index in [1.165, 1.54) is 0 Å². The molecule has 0 unspecified atom stereocenters. The normalized spacial score (nSPS) is 14.7. The number of hydrogen-bond acceptors (Lipinski definition) is 2. The molecule has 3 aliphatic rings. The van der Waals surface area contributed by atoms with E-state index >= 15 is 70.2 Å². The highest BCUT2D eigenvalue weighted by molar-refractivity contribution is 9.18. The lowest BCUT2D eigenvalue weighted by Gasteiger charge is -2.16. The first-order chi connectivity index (χ1) is 33.4. The van der Waals surface area contributed by atoms with Crippen LogP contribution in [0.1, 0.15) is 27.9 Å². The van der Waals surface area contributed by atoms with Crippen LogP contribution in [0.25, 0.3) is 37.8 Å². The van der Waals surface area contributed by atoms with E-state index in [4.69, 9.17) is 0 Å². The van der Waals surface area contributed by atoms with Gasteiger partial charge in [0.05, 0.1) is 53.8 Å². The number of H-pyrrole nitrogens is 1. The maximum absolute atomic E-state index is 16.3. The molecule has 27 heteroatoms. The number of nitrogens with zero attached hydrogens (tertiary/aromatic N) is 3. The van der Waals surface area contributed by atoms with Gasteiger partial charge in [-0.25, -0.2) is 97.8 Å². The summed E-state index contributed by atoms with van der Waals surface area (Å²) in [6, 6.07) is 2.59. The van der Waals surface area contributed by atoms with Gasteiger partial charge in [-0.05, 0) is 72.1 Å². The molecule has 0 aliphatic carbocycles. The van der Waals surface area contributed by atoms with Crippen molar-refractivity contribution in [2.24, 2.45) is 9.98 Å². The van der Waals surface area contributed by atoms with Gasteiger partial charge in [0, 0.05) is 44.1 Å². The Morgan fingerprint density at radius 3 is 1.13 bits per heavy atom. The van der Waals surface area contributed by atoms with Crippen molar-refractivity contribution < 1.29 is 87.8 Å². The lowest BCUT2D eigenvalue weighted by Crippen LogP contribution is -2.22. The first kappa shape index (κ1) is 48.2. The lowest BCUT2D eigenvalue weighted by atomic mass is 9.94. The van der Waals surface area contributed by atoms with E-state index in [-0.39, 0.29) is 0 Å². The minimum absolute atomic E-state index is 0.468. The summed E-state index contributed by atoms with van der Waals surface area (Å²) in [6.07, 6.45) is 0. The number of halogens is 23. The third kappa shape index (κ3) is 6.29. The molecule has 7 aromatic rings. The Bertz CT molecular complexity index is 3980. The highest BCUT2D eigenvalue weighted by Crippen LogP contribution is 2.50. The van der Waals surface area contributed by atoms with Crippen molar-refractivity contribution in [3.8, 4) is 11.1 Å². The quantitative estimate of drug-likeness (QED) is 0.104. The van der Waals surface area contributed by atoms with Gasteiger partial charge in [-0.2, -0.15) is 0 Å². The molecule has 1 N–H and O–H groups in total. The average molecular weight is 1210 g/mol. The Kier molecular flexibility index (Phi) is 11.0. The molecule has 0 radical (unpaired) electrons. The number of hydrogen-bond donors (Lipinski definition) is 1. The molecule has 3 aliphatic heterocycles. The van der Waals surface area contributed by atoms with Crippen molar-refractivity contribution >= 4 is 79.1 Å². The molecule has 0 atom stereocenters. The van der Waals surface area contributed by atoms with Gasteiger partial charge in [-0.1, -0.05) is 0 Å². The Labute approximate surface area is 402 Å². The molecule has 71 heavy (non-hydrogen) atoms. The summed E-state index contributed by atoms with van der Waals surface area (Å²) >= 11 is 8.80. The van der Waals surface area contributed by atoms with Crippen molar-refractivity contribution in [1.82, 2.24) is 9.38 Å². The van der Waals surface area contributed by atoms with Crippen LogP contribution in [0.15, 0.2) is 55.7 Å². The number of nitrogens with one attached hydrogen (secondary N) is 1. The molecular formula is C44H5Br3F20N4. The topological polar surface area (TPSA) is 44.9 Å². The summed E-state index contributed by atoms with van der Waals surface area (Å²) in [7, 11) is 0. The SMILES string of the molecule is Fc1c(F)c(F)c(C2=C3N=C(Br)C(=C3Br)C(c3c(F)c(F)c(F)c(F)c3F)=c3ccc([nH]3)=C(c3c(F)c(F)c(F)c(F)c3F)C3=C(Br)c4c(-c5c(F)c(F)c(F)c(F)c5F)c5ccc2n5c4=N3)c(F)c1F. The van der Waals surface area contributed by atoms with E-state index in [1.54, 1.807) is 0 Å². The van der Waals surface area contributed by atoms with Crippen LogP contribution in [0.5, 0.6) is 0 Å². The highest BCUT2D eigenvalue weighted by Gasteiger charge is 2.42. The Morgan fingerprint density at radius 2 is 0.690 bits per heavy atom. The zero-order valence-corrected chi connectivity index (χ0v) is 37.6. The standard InChI is InChI=1S/C44H5Br3F20N4/c45-19-13-9(15-21(48)29(56)37(64)30(57)22(15)49)5-1-2-6(68-5)10(16-23(50)31(58)38(65)32(59)24(16)51)41-20(46)14-11(17-25(52)33(60)39(66)34(61)26(17)53)7-3-4-8(71(7)44(14)70-41)12(42(19)69-43(13)47)18-27(54)35(62)40(67)36(63)28(18)55/h1-4,68H. The van der Waals surface area contributed by atoms with Gasteiger partial charge in [0.15, 0.2) is 93.1 Å². The van der Waals surface area contributed by atoms with E-state index in [0.717, 1.165) is 0 Å². The largest absolute Gasteiger partial charge is 0.354 e. The second-order valence-electron chi connectivity index (χ2n) is 14.9. The molecule has 6 bridgehead atoms. The molecule has 6 heterocycles. The molecule has 4 aromatic carbocycles. The van der Waals surface area contributed by atoms with Crippen molar-refractivity contribution in [1.29, 1.82) is 0 Å². The second kappa shape index (κ2) is 16.3. The second-order valence-corrected chi connectivity index (χ2v) is 17.3. The molecule has 0 saturated carbocycles. The van der Waals surface area contributed by atoms with Crippen LogP contribution in [0.3, 0.4) is 0 Å². The summed E-state index contributed by atoms with van der Waals surface area (Å²) in [5, 5.41) is -1.93. The molecule has 362 valence electrons. The van der Waals surface area contributed by atoms with Crippen molar-refractivity contribution in [3.05, 3.63) is 206 Å². The zero-order chi connectivity index (χ0) is 51.6. The minimum atomic E-state index is -2.77. The third-order valence-electron chi connectivity index (χ3n) is 11.4. The summed E-state index contributed by atoms with van der Waals surface area (Å²) in [4.78, 5) is 10.5. The number of allylic oxidation sites excluding steroid dienone is 3. The summed E-state index contributed by atoms with van der Waals surface area (Å²) in [6.45, 7) is 0. The first-order valence-electron chi connectivity index (χ1n) is 18.7. The molecule has 0 amide bonds. The predicted octanol–water partition coefficient (Wildman–Crippen LogP) is 12.5. The van der Waals surface area contributed by atoms with Crippen LogP contribution < -0.4 is 16.2 Å². The van der Waals surface area contributed by atoms with Crippen molar-refractivity contribution in [3.63, 3.8) is 0 Å². The van der Waals surface area contributed by atoms with Gasteiger partial charge in [0.1, 0.15) is 10.1 Å². The van der Waals surface area contributed by atoms with Crippen LogP contribution in [-0.4, -0.2) is 14.0 Å². The maximum Gasteiger partial charge on any atom is 0.200 e. The van der Waals surface area contributed by atoms with Crippen LogP contribution in [0.4, 0.5) is 87.8 Å². The summed E-state index contributed by atoms with van der Waals surface area (Å²) in [5.74, 6) is -53.3. The molecule has 10 rings (SSSR count). The fraction of sp³-hybridized carbons (Fsp3) is 0. The molecule has 0 spiro atoms. The fourth-order valence-electron chi connectivity index (χ4n) is 8.33. The first-order valence-corrected chi connectivity index (χ1v) is 21.1. The van der Waals surface area contributed by atoms with E-state index in [1.807, 2.05) is 0 Å². The molecule has 0 fully saturated rings. The number of rotatable bonds is 4. The lowest BCUT2D eigenvalue weighted by molar-refractivity contribution is 0.376. The highest BCUT2D eigenvalue weighted by atomic mass is 79.9. The summed E-state index contributed by atoms with van der Waals surface area (Å²) < 4.78 is 307. The molecule has 4 nitrogen and oxygen atoms in total. The number of aromatic amines is 1. The third-order valence-corrected chi connectivity index (χ3v) is 13.5. The smallest absolute Gasteiger partial charge is 0.200 e. The van der Waals surface area contributed by atoms with Gasteiger partial charge < -0.3 is 4.98 Å². The van der Waals surface area contributed by atoms with Gasteiger partial charge in [0.2, 0.25) is 23.3 Å². The van der Waals surface area contributed by atoms with E-state index in [9.17, 15) is 17.6 Å². The number of aliphatic imine (C=N–C) groups is 1. The van der Waals surface area contributed by atoms with Gasteiger partial charge in [0.25, 0.3) is 0 Å². The number of aromatic nitrogens is 2. The molecule has 3 aromatic heterocycles. The van der Waals surface area contributed by atoms with Crippen molar-refractivity contribution in [2.75, 3.05) is 0 Å². The Balaban J connectivity index is 1.54. The van der Waals surface area contributed by atoms with Crippen LogP contribution in [0, 0.1) is 116 Å². The fourth-order valence-corrected chi connectivity index (χ4v) is 10.5. The predicted molar refractivity (Wildman–Crippen MR) is 217 cm³/mol. The number of benzene rings is 4. The van der Waals surface area contributed by atoms with Gasteiger partial charge in [-0.15, -0.1) is 0 Å². The van der Waals surface area contributed by atoms with Crippen molar-refractivity contribution in [2.45, 2.75) is 0 Å². The van der Waals surface area contributed by atoms with E-state index < -0.39 is 224 Å². The molecule has 0 saturated heterocycles. The average Bonchev–Trinajstić information content (AvgIpc) is 4.18. The van der Waals surface area contributed by atoms with E-state index in [0.29, 0.717) is 28.7 Å². The Morgan fingerprint density at radius 1 is 0.324 bits per heavy atom. The molecular weight excluding hydrogens is 1200 g/mol. The zero-order valence-electron chi connectivity index (χ0n) is 32.8. The van der Waals surface area contributed by atoms with Crippen LogP contribution >= 0.6 is 47.8 Å². The van der Waals surface area contributed by atoms with Crippen LogP contribution in [-0.2, 0) is 0 Å². The minimum Gasteiger partial charge on any atom is -0.354 e. The van der Waals surface area contributed by atoms with Gasteiger partial charge in [-0.3, -0.25) is 4.40 Å². The Hall–Kier alpha value is -6.48. The van der Waals surface area contributed by atoms with E-state index in [2.05, 4.69) is 62.8 Å². The van der Waals surface area contributed by atoms with Crippen LogP contribution in [0.2, 0.25) is 0 Å². The maximum atomic E-state index is 16.3.